The summed E-state index contributed by atoms with van der Waals surface area (Å²) in [5.74, 6) is 0.769. The van der Waals surface area contributed by atoms with Gasteiger partial charge in [0.25, 0.3) is 0 Å². The monoisotopic (exact) mass is 265 g/mol. The van der Waals surface area contributed by atoms with Gasteiger partial charge in [-0.15, -0.1) is 11.3 Å². The van der Waals surface area contributed by atoms with E-state index >= 15 is 0 Å². The molecule has 100 valence electrons. The molecule has 0 unspecified atom stereocenters. The molecule has 2 fully saturated rings. The molecular weight excluding hydrogens is 242 g/mol. The van der Waals surface area contributed by atoms with E-state index in [4.69, 9.17) is 4.98 Å². The van der Waals surface area contributed by atoms with Gasteiger partial charge < -0.3 is 5.32 Å². The summed E-state index contributed by atoms with van der Waals surface area (Å²) in [4.78, 5) is 8.88. The van der Waals surface area contributed by atoms with Crippen LogP contribution in [0.15, 0.2) is 0 Å². The maximum Gasteiger partial charge on any atom is 0.0962 e. The Hall–Kier alpha value is -0.450. The summed E-state index contributed by atoms with van der Waals surface area (Å²) in [5, 5.41) is 4.82. The van der Waals surface area contributed by atoms with Gasteiger partial charge in [0.15, 0.2) is 0 Å². The van der Waals surface area contributed by atoms with Gasteiger partial charge in [0.05, 0.1) is 10.7 Å². The number of rotatable bonds is 3. The molecule has 0 bridgehead atoms. The van der Waals surface area contributed by atoms with Gasteiger partial charge >= 0.3 is 0 Å². The van der Waals surface area contributed by atoms with E-state index in [1.807, 2.05) is 11.3 Å². The maximum absolute atomic E-state index is 4.83. The number of hydrogen-bond donors (Lipinski definition) is 1. The quantitative estimate of drug-likeness (QED) is 0.910. The van der Waals surface area contributed by atoms with Crippen LogP contribution in [-0.2, 0) is 6.54 Å². The number of aromatic nitrogens is 1. The van der Waals surface area contributed by atoms with Crippen molar-refractivity contribution in [2.24, 2.45) is 0 Å². The van der Waals surface area contributed by atoms with Gasteiger partial charge in [-0.25, -0.2) is 4.98 Å². The van der Waals surface area contributed by atoms with E-state index < -0.39 is 0 Å². The third-order valence-corrected chi connectivity index (χ3v) is 5.50. The van der Waals surface area contributed by atoms with Crippen molar-refractivity contribution < 1.29 is 0 Å². The Labute approximate surface area is 114 Å². The van der Waals surface area contributed by atoms with Crippen LogP contribution in [0.5, 0.6) is 0 Å². The summed E-state index contributed by atoms with van der Waals surface area (Å²) >= 11 is 1.98. The Balaban J connectivity index is 1.67. The molecule has 0 atom stereocenters. The molecule has 1 aromatic heterocycles. The summed E-state index contributed by atoms with van der Waals surface area (Å²) in [7, 11) is 0. The van der Waals surface area contributed by atoms with E-state index in [-0.39, 0.29) is 0 Å². The summed E-state index contributed by atoms with van der Waals surface area (Å²) in [6.07, 6.45) is 5.52. The zero-order valence-corrected chi connectivity index (χ0v) is 12.1. The first-order valence-electron chi connectivity index (χ1n) is 7.22. The summed E-state index contributed by atoms with van der Waals surface area (Å²) in [6, 6.07) is 0. The van der Waals surface area contributed by atoms with E-state index in [9.17, 15) is 0 Å². The molecule has 1 saturated heterocycles. The van der Waals surface area contributed by atoms with Crippen LogP contribution >= 0.6 is 11.3 Å². The van der Waals surface area contributed by atoms with Crippen LogP contribution in [0.3, 0.4) is 0 Å². The molecule has 1 aromatic rings. The Bertz CT molecular complexity index is 390. The second-order valence-electron chi connectivity index (χ2n) is 5.57. The van der Waals surface area contributed by atoms with Gasteiger partial charge in [-0.05, 0) is 19.8 Å². The van der Waals surface area contributed by atoms with Gasteiger partial charge in [0.2, 0.25) is 0 Å². The van der Waals surface area contributed by atoms with Crippen LogP contribution < -0.4 is 5.32 Å². The molecule has 1 N–H and O–H groups in total. The topological polar surface area (TPSA) is 28.2 Å². The number of piperazine rings is 1. The third kappa shape index (κ3) is 2.76. The molecule has 0 amide bonds. The predicted molar refractivity (Wildman–Crippen MR) is 76.2 cm³/mol. The smallest absolute Gasteiger partial charge is 0.0962 e. The molecule has 18 heavy (non-hydrogen) atoms. The molecule has 3 nitrogen and oxygen atoms in total. The standard InChI is InChI=1S/C14H23N3S/c1-11-13(10-17-8-6-15-7-9-17)18-14(16-11)12-4-2-3-5-12/h12,15H,2-10H2,1H3. The fraction of sp³-hybridized carbons (Fsp3) is 0.786. The van der Waals surface area contributed by atoms with Gasteiger partial charge in [-0.2, -0.15) is 0 Å². The SMILES string of the molecule is Cc1nc(C2CCCC2)sc1CN1CCNCC1. The van der Waals surface area contributed by atoms with Crippen molar-refractivity contribution in [1.82, 2.24) is 15.2 Å². The van der Waals surface area contributed by atoms with Crippen LogP contribution in [0.1, 0.15) is 47.2 Å². The van der Waals surface area contributed by atoms with Crippen molar-refractivity contribution >= 4 is 11.3 Å². The third-order valence-electron chi connectivity index (χ3n) is 4.19. The molecule has 2 aliphatic rings. The van der Waals surface area contributed by atoms with Gasteiger partial charge in [0, 0.05) is 43.5 Å². The Kier molecular flexibility index (Phi) is 3.97. The molecule has 3 rings (SSSR count). The fourth-order valence-electron chi connectivity index (χ4n) is 3.02. The molecule has 1 aliphatic heterocycles. The van der Waals surface area contributed by atoms with Crippen molar-refractivity contribution in [2.75, 3.05) is 26.2 Å². The number of aryl methyl sites for hydroxylation is 1. The molecule has 0 spiro atoms. The minimum Gasteiger partial charge on any atom is -0.314 e. The molecule has 1 aliphatic carbocycles. The number of nitrogens with zero attached hydrogens (tertiary/aromatic N) is 2. The molecular formula is C14H23N3S. The number of hydrogen-bond acceptors (Lipinski definition) is 4. The van der Waals surface area contributed by atoms with Crippen molar-refractivity contribution in [3.05, 3.63) is 15.6 Å². The highest BCUT2D eigenvalue weighted by Crippen LogP contribution is 2.37. The first-order valence-corrected chi connectivity index (χ1v) is 8.04. The van der Waals surface area contributed by atoms with Crippen LogP contribution in [-0.4, -0.2) is 36.1 Å². The second-order valence-corrected chi connectivity index (χ2v) is 6.68. The lowest BCUT2D eigenvalue weighted by Gasteiger charge is -2.26. The molecule has 2 heterocycles. The van der Waals surface area contributed by atoms with Crippen molar-refractivity contribution in [3.63, 3.8) is 0 Å². The predicted octanol–water partition coefficient (Wildman–Crippen LogP) is 2.51. The Morgan fingerprint density at radius 1 is 1.28 bits per heavy atom. The first kappa shape index (κ1) is 12.6. The molecule has 0 radical (unpaired) electrons. The molecule has 4 heteroatoms. The van der Waals surface area contributed by atoms with Crippen LogP contribution in [0.4, 0.5) is 0 Å². The van der Waals surface area contributed by atoms with E-state index in [0.717, 1.165) is 25.6 Å². The maximum atomic E-state index is 4.83. The highest BCUT2D eigenvalue weighted by atomic mass is 32.1. The second kappa shape index (κ2) is 5.68. The lowest BCUT2D eigenvalue weighted by atomic mass is 10.1. The fourth-order valence-corrected chi connectivity index (χ4v) is 4.29. The van der Waals surface area contributed by atoms with Crippen LogP contribution in [0.25, 0.3) is 0 Å². The van der Waals surface area contributed by atoms with Crippen LogP contribution in [0.2, 0.25) is 0 Å². The van der Waals surface area contributed by atoms with E-state index in [0.29, 0.717) is 0 Å². The van der Waals surface area contributed by atoms with Crippen LogP contribution in [0, 0.1) is 6.92 Å². The zero-order chi connectivity index (χ0) is 12.4. The zero-order valence-electron chi connectivity index (χ0n) is 11.2. The summed E-state index contributed by atoms with van der Waals surface area (Å²) < 4.78 is 0. The van der Waals surface area contributed by atoms with E-state index in [1.54, 1.807) is 0 Å². The Morgan fingerprint density at radius 2 is 2.00 bits per heavy atom. The van der Waals surface area contributed by atoms with E-state index in [1.165, 1.54) is 54.4 Å². The summed E-state index contributed by atoms with van der Waals surface area (Å²) in [6.45, 7) is 7.91. The highest BCUT2D eigenvalue weighted by Gasteiger charge is 2.22. The molecule has 0 aromatic carbocycles. The van der Waals surface area contributed by atoms with Crippen molar-refractivity contribution in [3.8, 4) is 0 Å². The largest absolute Gasteiger partial charge is 0.314 e. The lowest BCUT2D eigenvalue weighted by molar-refractivity contribution is 0.234. The average Bonchev–Trinajstić information content (AvgIpc) is 3.01. The first-order chi connectivity index (χ1) is 8.83. The van der Waals surface area contributed by atoms with Crippen molar-refractivity contribution in [2.45, 2.75) is 45.1 Å². The van der Waals surface area contributed by atoms with Gasteiger partial charge in [-0.1, -0.05) is 12.8 Å². The number of thiazole rings is 1. The van der Waals surface area contributed by atoms with Gasteiger partial charge in [0.1, 0.15) is 0 Å². The summed E-state index contributed by atoms with van der Waals surface area (Å²) in [5.41, 5.74) is 1.28. The Morgan fingerprint density at radius 3 is 2.72 bits per heavy atom. The lowest BCUT2D eigenvalue weighted by Crippen LogP contribution is -2.42. The van der Waals surface area contributed by atoms with E-state index in [2.05, 4.69) is 17.1 Å². The van der Waals surface area contributed by atoms with Crippen molar-refractivity contribution in [1.29, 1.82) is 0 Å². The van der Waals surface area contributed by atoms with Gasteiger partial charge in [-0.3, -0.25) is 4.90 Å². The molecule has 1 saturated carbocycles. The minimum absolute atomic E-state index is 0.769. The highest BCUT2D eigenvalue weighted by molar-refractivity contribution is 7.11. The normalized spacial score (nSPS) is 22.7. The average molecular weight is 265 g/mol. The number of nitrogens with one attached hydrogen (secondary N) is 1. The minimum atomic E-state index is 0.769.